The van der Waals surface area contributed by atoms with Crippen molar-refractivity contribution in [2.45, 2.75) is 6.92 Å². The number of carbonyl (C=O) groups excluding carboxylic acids is 2. The Morgan fingerprint density at radius 2 is 1.91 bits per heavy atom. The van der Waals surface area contributed by atoms with Gasteiger partial charge in [-0.25, -0.2) is 4.79 Å². The summed E-state index contributed by atoms with van der Waals surface area (Å²) in [6.45, 7) is 1.62. The number of halogens is 2. The van der Waals surface area contributed by atoms with E-state index in [2.05, 4.69) is 20.2 Å². The number of hydrogen-bond donors (Lipinski definition) is 3. The summed E-state index contributed by atoms with van der Waals surface area (Å²) in [4.78, 5) is 37.6. The molecule has 0 spiro atoms. The van der Waals surface area contributed by atoms with Gasteiger partial charge in [-0.1, -0.05) is 23.2 Å². The number of ether oxygens (including phenoxy) is 2. The minimum absolute atomic E-state index is 0.0549. The van der Waals surface area contributed by atoms with Crippen molar-refractivity contribution in [2.24, 2.45) is 5.10 Å². The van der Waals surface area contributed by atoms with E-state index in [0.29, 0.717) is 16.5 Å². The number of rotatable bonds is 6. The van der Waals surface area contributed by atoms with Gasteiger partial charge in [-0.15, -0.1) is 0 Å². The topological polar surface area (TPSA) is 146 Å². The number of fused-ring (bicyclic) bond motifs is 1. The fraction of sp³-hybridized carbons (Fsp3) is 0.0952. The molecule has 3 aromatic rings. The second-order valence-electron chi connectivity index (χ2n) is 6.29. The van der Waals surface area contributed by atoms with Gasteiger partial charge in [-0.05, 0) is 48.7 Å². The van der Waals surface area contributed by atoms with Crippen LogP contribution in [-0.2, 0) is 9.53 Å². The maximum Gasteiger partial charge on any atom is 0.414 e. The summed E-state index contributed by atoms with van der Waals surface area (Å²) in [6, 6.07) is 11.0. The summed E-state index contributed by atoms with van der Waals surface area (Å²) in [7, 11) is 0. The number of nitrogens with zero attached hydrogens (tertiary/aromatic N) is 2. The van der Waals surface area contributed by atoms with E-state index in [1.54, 1.807) is 37.3 Å². The molecule has 3 N–H and O–H groups in total. The number of benzene rings is 2. The normalized spacial score (nSPS) is 10.9. The Bertz CT molecular complexity index is 1340. The number of nitriles is 1. The fourth-order valence-corrected chi connectivity index (χ4v) is 3.20. The molecule has 0 atom stereocenters. The molecule has 2 aromatic carbocycles. The number of amides is 2. The van der Waals surface area contributed by atoms with Crippen molar-refractivity contribution in [1.82, 2.24) is 10.3 Å². The lowest BCUT2D eigenvalue weighted by Crippen LogP contribution is -2.36. The SMILES string of the molecule is CCOC(=O)NC(=O)C(C#N)=NNc1cc(Cl)c(Oc2ccc3c(=O)[nH]ccc3c2)c(Cl)c1. The van der Waals surface area contributed by atoms with Crippen LogP contribution in [0.25, 0.3) is 10.8 Å². The van der Waals surface area contributed by atoms with Crippen LogP contribution >= 0.6 is 23.2 Å². The third-order valence-electron chi connectivity index (χ3n) is 4.07. The molecule has 0 radical (unpaired) electrons. The number of carbonyl (C=O) groups is 2. The van der Waals surface area contributed by atoms with Gasteiger partial charge in [0.25, 0.3) is 11.5 Å². The molecule has 1 aromatic heterocycles. The Kier molecular flexibility index (Phi) is 7.50. The molecule has 10 nitrogen and oxygen atoms in total. The number of imide groups is 1. The standard InChI is InChI=1S/C21H15Cl2N5O5/c1-2-32-21(31)26-20(30)17(10-24)28-27-12-8-15(22)18(16(23)9-12)33-13-3-4-14-11(7-13)5-6-25-19(14)29/h3-9,27H,2H2,1H3,(H,25,29)(H,26,30,31). The van der Waals surface area contributed by atoms with E-state index in [-0.39, 0.29) is 33.6 Å². The number of hydrogen-bond acceptors (Lipinski definition) is 8. The Labute approximate surface area is 196 Å². The van der Waals surface area contributed by atoms with Crippen molar-refractivity contribution >= 4 is 57.4 Å². The van der Waals surface area contributed by atoms with Crippen molar-refractivity contribution in [3.8, 4) is 17.6 Å². The number of anilines is 1. The highest BCUT2D eigenvalue weighted by Gasteiger charge is 2.16. The van der Waals surface area contributed by atoms with Crippen LogP contribution in [0.2, 0.25) is 10.0 Å². The average Bonchev–Trinajstić information content (AvgIpc) is 2.77. The van der Waals surface area contributed by atoms with Crippen LogP contribution in [0.4, 0.5) is 10.5 Å². The molecule has 0 unspecified atom stereocenters. The number of alkyl carbamates (subject to hydrolysis) is 1. The summed E-state index contributed by atoms with van der Waals surface area (Å²) in [5, 5.41) is 16.0. The Hall–Kier alpha value is -4.07. The molecule has 0 fully saturated rings. The molecular weight excluding hydrogens is 473 g/mol. The molecule has 0 saturated heterocycles. The molecule has 0 aliphatic rings. The van der Waals surface area contributed by atoms with Crippen LogP contribution in [0.5, 0.6) is 11.5 Å². The number of H-pyrrole nitrogens is 1. The first-order valence-corrected chi connectivity index (χ1v) is 10.1. The molecule has 33 heavy (non-hydrogen) atoms. The lowest BCUT2D eigenvalue weighted by atomic mass is 10.2. The summed E-state index contributed by atoms with van der Waals surface area (Å²) in [5.74, 6) is -0.494. The predicted molar refractivity (Wildman–Crippen MR) is 123 cm³/mol. The second-order valence-corrected chi connectivity index (χ2v) is 7.10. The Balaban J connectivity index is 1.78. The quantitative estimate of drug-likeness (QED) is 0.348. The van der Waals surface area contributed by atoms with Crippen LogP contribution in [0.3, 0.4) is 0 Å². The van der Waals surface area contributed by atoms with E-state index in [1.165, 1.54) is 18.3 Å². The van der Waals surface area contributed by atoms with Crippen molar-refractivity contribution in [1.29, 1.82) is 5.26 Å². The zero-order chi connectivity index (χ0) is 24.0. The third kappa shape index (κ3) is 5.79. The van der Waals surface area contributed by atoms with E-state index in [9.17, 15) is 14.4 Å². The van der Waals surface area contributed by atoms with Gasteiger partial charge >= 0.3 is 6.09 Å². The minimum atomic E-state index is -1.05. The highest BCUT2D eigenvalue weighted by Crippen LogP contribution is 2.39. The minimum Gasteiger partial charge on any atom is -0.454 e. The van der Waals surface area contributed by atoms with Crippen molar-refractivity contribution in [2.75, 3.05) is 12.0 Å². The lowest BCUT2D eigenvalue weighted by Gasteiger charge is -2.12. The first-order valence-electron chi connectivity index (χ1n) is 9.32. The van der Waals surface area contributed by atoms with E-state index >= 15 is 0 Å². The van der Waals surface area contributed by atoms with E-state index < -0.39 is 17.7 Å². The number of aromatic nitrogens is 1. The second kappa shape index (κ2) is 10.5. The van der Waals surface area contributed by atoms with Gasteiger partial charge in [0, 0.05) is 11.6 Å². The molecule has 3 rings (SSSR count). The van der Waals surface area contributed by atoms with Gasteiger partial charge in [0.05, 0.1) is 22.3 Å². The van der Waals surface area contributed by atoms with Crippen molar-refractivity contribution in [3.63, 3.8) is 0 Å². The summed E-state index contributed by atoms with van der Waals surface area (Å²) in [6.07, 6.45) is 0.522. The summed E-state index contributed by atoms with van der Waals surface area (Å²) in [5.41, 5.74) is 1.88. The lowest BCUT2D eigenvalue weighted by molar-refractivity contribution is -0.114. The average molecular weight is 488 g/mol. The van der Waals surface area contributed by atoms with Gasteiger partial charge in [0.15, 0.2) is 5.75 Å². The number of pyridine rings is 1. The van der Waals surface area contributed by atoms with Gasteiger partial charge in [-0.3, -0.25) is 20.3 Å². The molecule has 0 saturated carbocycles. The molecule has 0 bridgehead atoms. The molecule has 0 aliphatic heterocycles. The van der Waals surface area contributed by atoms with Crippen LogP contribution in [0.1, 0.15) is 6.92 Å². The molecular formula is C21H15Cl2N5O5. The van der Waals surface area contributed by atoms with Crippen LogP contribution in [-0.4, -0.2) is 29.3 Å². The number of nitrogens with one attached hydrogen (secondary N) is 3. The maximum atomic E-state index is 11.9. The van der Waals surface area contributed by atoms with Gasteiger partial charge < -0.3 is 14.5 Å². The Morgan fingerprint density at radius 1 is 1.18 bits per heavy atom. The van der Waals surface area contributed by atoms with E-state index in [4.69, 9.17) is 33.2 Å². The van der Waals surface area contributed by atoms with Gasteiger partial charge in [0.1, 0.15) is 11.8 Å². The van der Waals surface area contributed by atoms with E-state index in [1.807, 2.05) is 5.32 Å². The highest BCUT2D eigenvalue weighted by molar-refractivity contribution is 6.47. The zero-order valence-electron chi connectivity index (χ0n) is 16.9. The molecule has 12 heteroatoms. The number of aromatic amines is 1. The molecule has 0 aliphatic carbocycles. The van der Waals surface area contributed by atoms with Gasteiger partial charge in [0.2, 0.25) is 5.71 Å². The fourth-order valence-electron chi connectivity index (χ4n) is 2.64. The van der Waals surface area contributed by atoms with Crippen molar-refractivity contribution in [3.05, 3.63) is 63.0 Å². The van der Waals surface area contributed by atoms with Crippen LogP contribution in [0.15, 0.2) is 52.5 Å². The predicted octanol–water partition coefficient (Wildman–Crippen LogP) is 4.19. The van der Waals surface area contributed by atoms with Crippen LogP contribution < -0.4 is 21.0 Å². The Morgan fingerprint density at radius 3 is 2.58 bits per heavy atom. The van der Waals surface area contributed by atoms with E-state index in [0.717, 1.165) is 0 Å². The highest BCUT2D eigenvalue weighted by atomic mass is 35.5. The maximum absolute atomic E-state index is 11.9. The van der Waals surface area contributed by atoms with Crippen molar-refractivity contribution < 1.29 is 19.1 Å². The summed E-state index contributed by atoms with van der Waals surface area (Å²) < 4.78 is 10.4. The first-order chi connectivity index (χ1) is 15.8. The third-order valence-corrected chi connectivity index (χ3v) is 4.63. The molecule has 1 heterocycles. The molecule has 168 valence electrons. The monoisotopic (exact) mass is 487 g/mol. The molecule has 2 amide bonds. The first kappa shape index (κ1) is 23.6. The van der Waals surface area contributed by atoms with Gasteiger partial charge in [-0.2, -0.15) is 10.4 Å². The largest absolute Gasteiger partial charge is 0.454 e. The zero-order valence-corrected chi connectivity index (χ0v) is 18.5. The van der Waals surface area contributed by atoms with Crippen LogP contribution in [0, 0.1) is 11.3 Å². The smallest absolute Gasteiger partial charge is 0.414 e. The summed E-state index contributed by atoms with van der Waals surface area (Å²) >= 11 is 12.6. The number of hydrazone groups is 1.